The highest BCUT2D eigenvalue weighted by Crippen LogP contribution is 2.25. The van der Waals surface area contributed by atoms with Crippen LogP contribution >= 0.6 is 0 Å². The Kier molecular flexibility index (Phi) is 7.49. The topological polar surface area (TPSA) is 140 Å². The first-order valence-electron chi connectivity index (χ1n) is 12.0. The summed E-state index contributed by atoms with van der Waals surface area (Å²) in [4.78, 5) is 36.2. The molecule has 188 valence electrons. The smallest absolute Gasteiger partial charge is 0.277 e. The average Bonchev–Trinajstić information content (AvgIpc) is 2.88. The number of aliphatic imine (C=N–C) groups is 1. The first-order chi connectivity index (χ1) is 17.3. The lowest BCUT2D eigenvalue weighted by atomic mass is 9.91. The number of nitrogen functional groups attached to an aromatic ring is 2. The predicted octanol–water partition coefficient (Wildman–Crippen LogP) is 1.86. The molecule has 1 fully saturated rings. The fourth-order valence-corrected chi connectivity index (χ4v) is 4.57. The molecule has 0 unspecified atom stereocenters. The summed E-state index contributed by atoms with van der Waals surface area (Å²) in [6.45, 7) is 0.913. The first kappa shape index (κ1) is 25.1. The molecule has 9 heteroatoms. The summed E-state index contributed by atoms with van der Waals surface area (Å²) in [6.07, 6.45) is 3.23. The number of nitrogens with zero attached hydrogens (tertiary/aromatic N) is 4. The Balaban J connectivity index is 1.41. The zero-order chi connectivity index (χ0) is 25.7. The second-order valence-electron chi connectivity index (χ2n) is 9.23. The van der Waals surface area contributed by atoms with Crippen molar-refractivity contribution in [1.29, 1.82) is 0 Å². The number of carbonyl (C=O) groups is 1. The van der Waals surface area contributed by atoms with Crippen LogP contribution < -0.4 is 17.0 Å². The van der Waals surface area contributed by atoms with Gasteiger partial charge in [-0.3, -0.25) is 19.1 Å². The molecule has 5 N–H and O–H groups in total. The van der Waals surface area contributed by atoms with Crippen LogP contribution in [0.1, 0.15) is 36.1 Å². The third kappa shape index (κ3) is 5.63. The molecular weight excluding hydrogens is 456 g/mol. The summed E-state index contributed by atoms with van der Waals surface area (Å²) >= 11 is 0. The zero-order valence-electron chi connectivity index (χ0n) is 20.4. The highest BCUT2D eigenvalue weighted by molar-refractivity contribution is 6.14. The molecule has 1 saturated heterocycles. The summed E-state index contributed by atoms with van der Waals surface area (Å²) in [6, 6.07) is 17.0. The fourth-order valence-electron chi connectivity index (χ4n) is 4.57. The third-order valence-corrected chi connectivity index (χ3v) is 6.66. The molecule has 0 bridgehead atoms. The molecule has 0 radical (unpaired) electrons. The number of aryl methyl sites for hydroxylation is 1. The number of benzene rings is 2. The standard InChI is InChI=1S/C27H32N6O3/c1-30-24(20-8-5-9-21(28)16-20)25-23(29)26(35)33(18-31-25)17-27(36)12-14-32(15-13-27)22(34)11-10-19-6-3-2-4-7-19/h2-9,16,18,36H,10-15,17,28-29H2,1H3. The van der Waals surface area contributed by atoms with E-state index in [-0.39, 0.29) is 23.8 Å². The maximum atomic E-state index is 13.1. The van der Waals surface area contributed by atoms with Crippen LogP contribution in [0.15, 0.2) is 70.7 Å². The SMILES string of the molecule is CN=C(c1cccc(N)c1)c1ncn(CC2(O)CCN(C(=O)CCc3ccccc3)CC2)c(=O)c1N. The number of rotatable bonds is 7. The maximum absolute atomic E-state index is 13.1. The molecule has 2 heterocycles. The number of likely N-dealkylation sites (tertiary alicyclic amines) is 1. The molecule has 0 saturated carbocycles. The van der Waals surface area contributed by atoms with E-state index >= 15 is 0 Å². The van der Waals surface area contributed by atoms with Gasteiger partial charge in [-0.05, 0) is 37.0 Å². The van der Waals surface area contributed by atoms with Gasteiger partial charge in [0.15, 0.2) is 0 Å². The van der Waals surface area contributed by atoms with Crippen LogP contribution in [-0.4, -0.2) is 56.9 Å². The van der Waals surface area contributed by atoms with E-state index in [0.717, 1.165) is 5.56 Å². The van der Waals surface area contributed by atoms with Crippen LogP contribution in [0.25, 0.3) is 0 Å². The molecule has 1 aliphatic rings. The number of hydrogen-bond acceptors (Lipinski definition) is 7. The van der Waals surface area contributed by atoms with E-state index in [1.54, 1.807) is 30.1 Å². The van der Waals surface area contributed by atoms with E-state index in [0.29, 0.717) is 55.7 Å². The van der Waals surface area contributed by atoms with Crippen molar-refractivity contribution in [3.8, 4) is 0 Å². The summed E-state index contributed by atoms with van der Waals surface area (Å²) in [5, 5.41) is 11.2. The van der Waals surface area contributed by atoms with Crippen molar-refractivity contribution in [2.24, 2.45) is 4.99 Å². The molecule has 1 amide bonds. The summed E-state index contributed by atoms with van der Waals surface area (Å²) in [5.74, 6) is 0.0706. The van der Waals surface area contributed by atoms with Gasteiger partial charge in [0, 0.05) is 37.8 Å². The van der Waals surface area contributed by atoms with Gasteiger partial charge < -0.3 is 21.5 Å². The molecule has 1 aliphatic heterocycles. The van der Waals surface area contributed by atoms with Crippen LogP contribution in [0.2, 0.25) is 0 Å². The van der Waals surface area contributed by atoms with Crippen molar-refractivity contribution in [3.63, 3.8) is 0 Å². The average molecular weight is 489 g/mol. The Morgan fingerprint density at radius 3 is 2.50 bits per heavy atom. The van der Waals surface area contributed by atoms with Crippen molar-refractivity contribution in [2.45, 2.75) is 37.8 Å². The molecule has 0 atom stereocenters. The van der Waals surface area contributed by atoms with Crippen molar-refractivity contribution in [2.75, 3.05) is 31.6 Å². The van der Waals surface area contributed by atoms with Gasteiger partial charge in [-0.1, -0.05) is 42.5 Å². The molecule has 3 aromatic rings. The number of aromatic nitrogens is 2. The van der Waals surface area contributed by atoms with E-state index in [2.05, 4.69) is 9.98 Å². The van der Waals surface area contributed by atoms with Gasteiger partial charge in [0.1, 0.15) is 11.4 Å². The number of aliphatic hydroxyl groups is 1. The first-order valence-corrected chi connectivity index (χ1v) is 12.0. The largest absolute Gasteiger partial charge is 0.399 e. The van der Waals surface area contributed by atoms with E-state index in [1.807, 2.05) is 36.4 Å². The van der Waals surface area contributed by atoms with Crippen LogP contribution in [0.3, 0.4) is 0 Å². The minimum atomic E-state index is -1.13. The lowest BCUT2D eigenvalue weighted by molar-refractivity contribution is -0.135. The molecular formula is C27H32N6O3. The highest BCUT2D eigenvalue weighted by atomic mass is 16.3. The molecule has 36 heavy (non-hydrogen) atoms. The van der Waals surface area contributed by atoms with Gasteiger partial charge in [-0.2, -0.15) is 0 Å². The Bertz CT molecular complexity index is 1310. The van der Waals surface area contributed by atoms with E-state index in [4.69, 9.17) is 11.5 Å². The second-order valence-corrected chi connectivity index (χ2v) is 9.23. The van der Waals surface area contributed by atoms with Gasteiger partial charge in [0.2, 0.25) is 5.91 Å². The number of nitrogens with two attached hydrogens (primary N) is 2. The minimum absolute atomic E-state index is 0.0438. The summed E-state index contributed by atoms with van der Waals surface area (Å²) < 4.78 is 1.33. The monoisotopic (exact) mass is 488 g/mol. The number of anilines is 2. The van der Waals surface area contributed by atoms with Crippen LogP contribution in [0, 0.1) is 0 Å². The van der Waals surface area contributed by atoms with Gasteiger partial charge >= 0.3 is 0 Å². The normalized spacial score (nSPS) is 15.6. The molecule has 4 rings (SSSR count). The predicted molar refractivity (Wildman–Crippen MR) is 141 cm³/mol. The van der Waals surface area contributed by atoms with E-state index < -0.39 is 11.2 Å². The van der Waals surface area contributed by atoms with Crippen molar-refractivity contribution >= 4 is 23.0 Å². The molecule has 0 aliphatic carbocycles. The third-order valence-electron chi connectivity index (χ3n) is 6.66. The Hall–Kier alpha value is -3.98. The number of hydrogen-bond donors (Lipinski definition) is 3. The Morgan fingerprint density at radius 1 is 1.11 bits per heavy atom. The van der Waals surface area contributed by atoms with E-state index in [1.165, 1.54) is 10.9 Å². The quantitative estimate of drug-likeness (QED) is 0.343. The Morgan fingerprint density at radius 2 is 1.83 bits per heavy atom. The highest BCUT2D eigenvalue weighted by Gasteiger charge is 2.34. The molecule has 2 aromatic carbocycles. The summed E-state index contributed by atoms with van der Waals surface area (Å²) in [7, 11) is 1.60. The van der Waals surface area contributed by atoms with Crippen LogP contribution in [0.4, 0.5) is 11.4 Å². The van der Waals surface area contributed by atoms with Crippen molar-refractivity contribution in [3.05, 3.63) is 88.1 Å². The number of amides is 1. The van der Waals surface area contributed by atoms with Crippen molar-refractivity contribution < 1.29 is 9.90 Å². The molecule has 0 spiro atoms. The van der Waals surface area contributed by atoms with Crippen LogP contribution in [0.5, 0.6) is 0 Å². The maximum Gasteiger partial charge on any atom is 0.277 e. The fraction of sp³-hybridized carbons (Fsp3) is 0.333. The van der Waals surface area contributed by atoms with Gasteiger partial charge in [-0.25, -0.2) is 4.98 Å². The summed E-state index contributed by atoms with van der Waals surface area (Å²) in [5.41, 5.74) is 13.6. The lowest BCUT2D eigenvalue weighted by Gasteiger charge is -2.38. The number of piperidine rings is 1. The zero-order valence-corrected chi connectivity index (χ0v) is 20.4. The molecule has 9 nitrogen and oxygen atoms in total. The van der Waals surface area contributed by atoms with Gasteiger partial charge in [0.25, 0.3) is 5.56 Å². The van der Waals surface area contributed by atoms with Gasteiger partial charge in [-0.15, -0.1) is 0 Å². The lowest BCUT2D eigenvalue weighted by Crippen LogP contribution is -2.50. The second kappa shape index (κ2) is 10.7. The van der Waals surface area contributed by atoms with Crippen LogP contribution in [-0.2, 0) is 17.8 Å². The van der Waals surface area contributed by atoms with Gasteiger partial charge in [0.05, 0.1) is 24.2 Å². The van der Waals surface area contributed by atoms with Crippen molar-refractivity contribution in [1.82, 2.24) is 14.5 Å². The number of carbonyl (C=O) groups excluding carboxylic acids is 1. The van der Waals surface area contributed by atoms with E-state index in [9.17, 15) is 14.7 Å². The minimum Gasteiger partial charge on any atom is -0.399 e. The Labute approximate surface area is 210 Å². The molecule has 1 aromatic heterocycles.